The Hall–Kier alpha value is -0.820. The van der Waals surface area contributed by atoms with Gasteiger partial charge in [-0.05, 0) is 31.4 Å². The van der Waals surface area contributed by atoms with E-state index in [4.69, 9.17) is 0 Å². The van der Waals surface area contributed by atoms with Crippen LogP contribution >= 0.6 is 0 Å². The lowest BCUT2D eigenvalue weighted by molar-refractivity contribution is 0.403. The number of rotatable bonds is 5. The molecule has 0 radical (unpaired) electrons. The molecule has 0 heterocycles. The van der Waals surface area contributed by atoms with Gasteiger partial charge in [0, 0.05) is 6.04 Å². The second-order valence-electron chi connectivity index (χ2n) is 4.16. The standard InChI is InChI=1S/C13H21N/c1-11(2)13(14-3)10-9-12-7-5-4-6-8-12/h4-8,11,13-14H,9-10H2,1-3H3. The lowest BCUT2D eigenvalue weighted by Gasteiger charge is -2.19. The van der Waals surface area contributed by atoms with Gasteiger partial charge in [-0.2, -0.15) is 0 Å². The number of aryl methyl sites for hydroxylation is 1. The molecule has 1 rings (SSSR count). The van der Waals surface area contributed by atoms with E-state index in [-0.39, 0.29) is 0 Å². The average molecular weight is 191 g/mol. The Morgan fingerprint density at radius 3 is 2.29 bits per heavy atom. The molecule has 0 aromatic heterocycles. The molecule has 0 aliphatic rings. The van der Waals surface area contributed by atoms with Gasteiger partial charge in [-0.3, -0.25) is 0 Å². The first-order valence-electron chi connectivity index (χ1n) is 5.45. The normalized spacial score (nSPS) is 13.1. The van der Waals surface area contributed by atoms with Gasteiger partial charge in [0.05, 0.1) is 0 Å². The van der Waals surface area contributed by atoms with Crippen LogP contribution in [0.5, 0.6) is 0 Å². The fourth-order valence-corrected chi connectivity index (χ4v) is 1.78. The van der Waals surface area contributed by atoms with E-state index in [1.54, 1.807) is 0 Å². The molecule has 0 spiro atoms. The highest BCUT2D eigenvalue weighted by Gasteiger charge is 2.09. The lowest BCUT2D eigenvalue weighted by Crippen LogP contribution is -2.30. The number of hydrogen-bond acceptors (Lipinski definition) is 1. The van der Waals surface area contributed by atoms with Crippen molar-refractivity contribution in [2.45, 2.75) is 32.7 Å². The van der Waals surface area contributed by atoms with Gasteiger partial charge in [0.15, 0.2) is 0 Å². The van der Waals surface area contributed by atoms with Crippen molar-refractivity contribution in [1.29, 1.82) is 0 Å². The molecular formula is C13H21N. The van der Waals surface area contributed by atoms with Crippen molar-refractivity contribution in [2.24, 2.45) is 5.92 Å². The summed E-state index contributed by atoms with van der Waals surface area (Å²) in [5.74, 6) is 0.712. The first kappa shape index (κ1) is 11.3. The molecule has 78 valence electrons. The molecule has 0 fully saturated rings. The number of benzene rings is 1. The summed E-state index contributed by atoms with van der Waals surface area (Å²) in [7, 11) is 2.05. The van der Waals surface area contributed by atoms with Gasteiger partial charge < -0.3 is 5.32 Å². The first-order valence-corrected chi connectivity index (χ1v) is 5.45. The Bertz CT molecular complexity index is 241. The van der Waals surface area contributed by atoms with Crippen LogP contribution in [-0.4, -0.2) is 13.1 Å². The van der Waals surface area contributed by atoms with E-state index in [1.807, 2.05) is 0 Å². The van der Waals surface area contributed by atoms with Crippen LogP contribution in [0.25, 0.3) is 0 Å². The molecule has 0 saturated carbocycles. The van der Waals surface area contributed by atoms with Crippen LogP contribution in [0.15, 0.2) is 30.3 Å². The molecule has 1 atom stereocenters. The van der Waals surface area contributed by atoms with Crippen molar-refractivity contribution in [3.05, 3.63) is 35.9 Å². The third-order valence-corrected chi connectivity index (χ3v) is 2.76. The van der Waals surface area contributed by atoms with Crippen molar-refractivity contribution < 1.29 is 0 Å². The van der Waals surface area contributed by atoms with Crippen LogP contribution in [0.3, 0.4) is 0 Å². The Morgan fingerprint density at radius 2 is 1.79 bits per heavy atom. The predicted molar refractivity (Wildman–Crippen MR) is 62.4 cm³/mol. The van der Waals surface area contributed by atoms with Gasteiger partial charge >= 0.3 is 0 Å². The summed E-state index contributed by atoms with van der Waals surface area (Å²) in [5, 5.41) is 3.37. The average Bonchev–Trinajstić information content (AvgIpc) is 2.20. The molecule has 14 heavy (non-hydrogen) atoms. The minimum atomic E-state index is 0.634. The van der Waals surface area contributed by atoms with Crippen LogP contribution in [0, 0.1) is 5.92 Å². The van der Waals surface area contributed by atoms with Crippen LogP contribution in [0.4, 0.5) is 0 Å². The smallest absolute Gasteiger partial charge is 0.00902 e. The van der Waals surface area contributed by atoms with E-state index in [0.717, 1.165) is 0 Å². The minimum Gasteiger partial charge on any atom is -0.317 e. The van der Waals surface area contributed by atoms with Crippen molar-refractivity contribution >= 4 is 0 Å². The van der Waals surface area contributed by atoms with E-state index in [1.165, 1.54) is 18.4 Å². The van der Waals surface area contributed by atoms with Crippen LogP contribution in [0.2, 0.25) is 0 Å². The zero-order valence-corrected chi connectivity index (χ0v) is 9.46. The van der Waals surface area contributed by atoms with Crippen LogP contribution < -0.4 is 5.32 Å². The second-order valence-corrected chi connectivity index (χ2v) is 4.16. The number of nitrogens with one attached hydrogen (secondary N) is 1. The monoisotopic (exact) mass is 191 g/mol. The molecule has 1 nitrogen and oxygen atoms in total. The second kappa shape index (κ2) is 5.82. The van der Waals surface area contributed by atoms with Crippen LogP contribution in [-0.2, 0) is 6.42 Å². The van der Waals surface area contributed by atoms with E-state index in [0.29, 0.717) is 12.0 Å². The van der Waals surface area contributed by atoms with E-state index in [9.17, 15) is 0 Å². The molecule has 1 unspecified atom stereocenters. The largest absolute Gasteiger partial charge is 0.317 e. The lowest BCUT2D eigenvalue weighted by atomic mass is 9.97. The van der Waals surface area contributed by atoms with Gasteiger partial charge in [0.25, 0.3) is 0 Å². The summed E-state index contributed by atoms with van der Waals surface area (Å²) >= 11 is 0. The Labute approximate surface area is 87.5 Å². The molecule has 0 saturated heterocycles. The Morgan fingerprint density at radius 1 is 1.14 bits per heavy atom. The topological polar surface area (TPSA) is 12.0 Å². The summed E-state index contributed by atoms with van der Waals surface area (Å²) in [6.07, 6.45) is 2.39. The summed E-state index contributed by atoms with van der Waals surface area (Å²) in [4.78, 5) is 0. The highest BCUT2D eigenvalue weighted by atomic mass is 14.9. The Kier molecular flexibility index (Phi) is 4.68. The summed E-state index contributed by atoms with van der Waals surface area (Å²) in [6, 6.07) is 11.3. The van der Waals surface area contributed by atoms with Crippen molar-refractivity contribution in [2.75, 3.05) is 7.05 Å². The van der Waals surface area contributed by atoms with Gasteiger partial charge in [-0.1, -0.05) is 44.2 Å². The fraction of sp³-hybridized carbons (Fsp3) is 0.538. The molecule has 0 bridgehead atoms. The maximum atomic E-state index is 3.37. The van der Waals surface area contributed by atoms with E-state index >= 15 is 0 Å². The molecule has 0 aliphatic heterocycles. The third-order valence-electron chi connectivity index (χ3n) is 2.76. The number of hydrogen-bond donors (Lipinski definition) is 1. The first-order chi connectivity index (χ1) is 6.74. The van der Waals surface area contributed by atoms with Gasteiger partial charge in [0.2, 0.25) is 0 Å². The maximum absolute atomic E-state index is 3.37. The molecule has 1 N–H and O–H groups in total. The van der Waals surface area contributed by atoms with Gasteiger partial charge in [-0.25, -0.2) is 0 Å². The highest BCUT2D eigenvalue weighted by molar-refractivity contribution is 5.14. The predicted octanol–water partition coefficient (Wildman–Crippen LogP) is 2.86. The zero-order chi connectivity index (χ0) is 10.4. The molecular weight excluding hydrogens is 170 g/mol. The van der Waals surface area contributed by atoms with E-state index in [2.05, 4.69) is 56.5 Å². The van der Waals surface area contributed by atoms with Crippen LogP contribution in [0.1, 0.15) is 25.8 Å². The summed E-state index contributed by atoms with van der Waals surface area (Å²) in [6.45, 7) is 4.54. The highest BCUT2D eigenvalue weighted by Crippen LogP contribution is 2.10. The molecule has 0 aliphatic carbocycles. The summed E-state index contributed by atoms with van der Waals surface area (Å²) in [5.41, 5.74) is 1.44. The van der Waals surface area contributed by atoms with E-state index < -0.39 is 0 Å². The SMILES string of the molecule is CNC(CCc1ccccc1)C(C)C. The van der Waals surface area contributed by atoms with Gasteiger partial charge in [0.1, 0.15) is 0 Å². The quantitative estimate of drug-likeness (QED) is 0.754. The zero-order valence-electron chi connectivity index (χ0n) is 9.46. The molecule has 1 heteroatoms. The minimum absolute atomic E-state index is 0.634. The third kappa shape index (κ3) is 3.51. The maximum Gasteiger partial charge on any atom is 0.00902 e. The van der Waals surface area contributed by atoms with Crippen molar-refractivity contribution in [3.8, 4) is 0 Å². The molecule has 1 aromatic rings. The molecule has 0 amide bonds. The van der Waals surface area contributed by atoms with Crippen molar-refractivity contribution in [3.63, 3.8) is 0 Å². The molecule has 1 aromatic carbocycles. The summed E-state index contributed by atoms with van der Waals surface area (Å²) < 4.78 is 0. The Balaban J connectivity index is 2.40. The van der Waals surface area contributed by atoms with Crippen molar-refractivity contribution in [1.82, 2.24) is 5.32 Å². The fourth-order valence-electron chi connectivity index (χ4n) is 1.78. The van der Waals surface area contributed by atoms with Gasteiger partial charge in [-0.15, -0.1) is 0 Å².